The molecule has 1 aliphatic heterocycles. The van der Waals surface area contributed by atoms with E-state index in [1.807, 2.05) is 30.3 Å². The molecule has 0 bridgehead atoms. The summed E-state index contributed by atoms with van der Waals surface area (Å²) in [5.41, 5.74) is 3.90. The molecule has 5 nitrogen and oxygen atoms in total. The van der Waals surface area contributed by atoms with E-state index in [0.717, 1.165) is 40.3 Å². The van der Waals surface area contributed by atoms with E-state index in [-0.39, 0.29) is 5.75 Å². The van der Waals surface area contributed by atoms with E-state index in [1.54, 1.807) is 32.4 Å². The van der Waals surface area contributed by atoms with Crippen molar-refractivity contribution < 1.29 is 19.3 Å². The molecule has 3 aromatic rings. The van der Waals surface area contributed by atoms with E-state index in [9.17, 15) is 5.11 Å². The second-order valence-electron chi connectivity index (χ2n) is 7.23. The first kappa shape index (κ1) is 20.4. The zero-order valence-corrected chi connectivity index (χ0v) is 17.8. The SMILES string of the molecule is COc1cccc(-c2cc3c(c(OC)c2)OCCN(Cc2cc(Cl)ccc2O)C3)c1. The number of nitrogens with zero attached hydrogens (tertiary/aromatic N) is 1. The van der Waals surface area contributed by atoms with Gasteiger partial charge in [0.05, 0.1) is 14.2 Å². The van der Waals surface area contributed by atoms with Crippen molar-refractivity contribution in [1.82, 2.24) is 4.90 Å². The fraction of sp³-hybridized carbons (Fsp3) is 0.250. The standard InChI is InChI=1S/C24H24ClNO4/c1-28-21-5-3-4-16(12-21)17-10-19-15-26(8-9-30-24(19)23(13-17)29-2)14-18-11-20(25)6-7-22(18)27/h3-7,10-13,27H,8-9,14-15H2,1-2H3. The zero-order valence-electron chi connectivity index (χ0n) is 17.0. The Hall–Kier alpha value is -2.89. The van der Waals surface area contributed by atoms with Gasteiger partial charge in [0.1, 0.15) is 18.1 Å². The van der Waals surface area contributed by atoms with Crippen molar-refractivity contribution in [3.8, 4) is 34.1 Å². The molecule has 1 aliphatic rings. The fourth-order valence-corrected chi connectivity index (χ4v) is 3.91. The van der Waals surface area contributed by atoms with Crippen LogP contribution in [0.4, 0.5) is 0 Å². The van der Waals surface area contributed by atoms with Crippen molar-refractivity contribution in [2.24, 2.45) is 0 Å². The Labute approximate surface area is 181 Å². The number of phenolic OH excluding ortho intramolecular Hbond substituents is 1. The third-order valence-electron chi connectivity index (χ3n) is 5.24. The third-order valence-corrected chi connectivity index (χ3v) is 5.47. The summed E-state index contributed by atoms with van der Waals surface area (Å²) in [4.78, 5) is 2.23. The zero-order chi connectivity index (χ0) is 21.1. The summed E-state index contributed by atoms with van der Waals surface area (Å²) in [6.45, 7) is 2.48. The molecule has 1 heterocycles. The second kappa shape index (κ2) is 8.86. The minimum absolute atomic E-state index is 0.243. The molecular formula is C24H24ClNO4. The number of hydrogen-bond donors (Lipinski definition) is 1. The van der Waals surface area contributed by atoms with Gasteiger partial charge in [-0.2, -0.15) is 0 Å². The average Bonchev–Trinajstić information content (AvgIpc) is 2.97. The number of methoxy groups -OCH3 is 2. The first-order chi connectivity index (χ1) is 14.6. The number of fused-ring (bicyclic) bond motifs is 1. The minimum atomic E-state index is 0.243. The predicted molar refractivity (Wildman–Crippen MR) is 118 cm³/mol. The summed E-state index contributed by atoms with van der Waals surface area (Å²) in [5.74, 6) is 2.52. The van der Waals surface area contributed by atoms with Crippen LogP contribution >= 0.6 is 11.6 Å². The number of phenols is 1. The van der Waals surface area contributed by atoms with Crippen molar-refractivity contribution in [2.45, 2.75) is 13.1 Å². The number of benzene rings is 3. The van der Waals surface area contributed by atoms with Gasteiger partial charge >= 0.3 is 0 Å². The molecule has 1 N–H and O–H groups in total. The molecule has 0 unspecified atom stereocenters. The topological polar surface area (TPSA) is 51.2 Å². The highest BCUT2D eigenvalue weighted by Crippen LogP contribution is 2.39. The maximum absolute atomic E-state index is 10.2. The molecule has 0 atom stereocenters. The highest BCUT2D eigenvalue weighted by molar-refractivity contribution is 6.30. The molecule has 0 fully saturated rings. The lowest BCUT2D eigenvalue weighted by Crippen LogP contribution is -2.25. The normalized spacial score (nSPS) is 13.8. The second-order valence-corrected chi connectivity index (χ2v) is 7.67. The molecule has 0 saturated heterocycles. The van der Waals surface area contributed by atoms with E-state index >= 15 is 0 Å². The van der Waals surface area contributed by atoms with E-state index in [0.29, 0.717) is 30.5 Å². The Balaban J connectivity index is 1.68. The number of hydrogen-bond acceptors (Lipinski definition) is 5. The Morgan fingerprint density at radius 3 is 2.70 bits per heavy atom. The first-order valence-corrected chi connectivity index (χ1v) is 10.1. The van der Waals surface area contributed by atoms with Crippen LogP contribution in [0.25, 0.3) is 11.1 Å². The highest BCUT2D eigenvalue weighted by atomic mass is 35.5. The van der Waals surface area contributed by atoms with Crippen LogP contribution in [0, 0.1) is 0 Å². The largest absolute Gasteiger partial charge is 0.508 e. The maximum atomic E-state index is 10.2. The van der Waals surface area contributed by atoms with Crippen LogP contribution < -0.4 is 14.2 Å². The quantitative estimate of drug-likeness (QED) is 0.614. The van der Waals surface area contributed by atoms with Crippen LogP contribution in [0.15, 0.2) is 54.6 Å². The first-order valence-electron chi connectivity index (χ1n) is 9.75. The van der Waals surface area contributed by atoms with Crippen molar-refractivity contribution >= 4 is 11.6 Å². The summed E-state index contributed by atoms with van der Waals surface area (Å²) in [7, 11) is 3.31. The Morgan fingerprint density at radius 2 is 1.90 bits per heavy atom. The number of ether oxygens (including phenoxy) is 3. The smallest absolute Gasteiger partial charge is 0.165 e. The minimum Gasteiger partial charge on any atom is -0.508 e. The Morgan fingerprint density at radius 1 is 1.03 bits per heavy atom. The monoisotopic (exact) mass is 425 g/mol. The lowest BCUT2D eigenvalue weighted by Gasteiger charge is -2.20. The van der Waals surface area contributed by atoms with Crippen LogP contribution in [-0.4, -0.2) is 37.4 Å². The summed E-state index contributed by atoms with van der Waals surface area (Å²) in [6.07, 6.45) is 0. The molecule has 3 aromatic carbocycles. The Kier molecular flexibility index (Phi) is 6.02. The molecular weight excluding hydrogens is 402 g/mol. The fourth-order valence-electron chi connectivity index (χ4n) is 3.72. The molecule has 0 spiro atoms. The van der Waals surface area contributed by atoms with Gasteiger partial charge in [-0.25, -0.2) is 0 Å². The van der Waals surface area contributed by atoms with E-state index in [2.05, 4.69) is 11.0 Å². The predicted octanol–water partition coefficient (Wildman–Crippen LogP) is 5.12. The van der Waals surface area contributed by atoms with Gasteiger partial charge in [0.15, 0.2) is 11.5 Å². The van der Waals surface area contributed by atoms with Gasteiger partial charge in [0.2, 0.25) is 0 Å². The lowest BCUT2D eigenvalue weighted by molar-refractivity contribution is 0.215. The number of rotatable bonds is 5. The van der Waals surface area contributed by atoms with Gasteiger partial charge in [-0.1, -0.05) is 23.7 Å². The molecule has 0 saturated carbocycles. The molecule has 4 rings (SSSR count). The van der Waals surface area contributed by atoms with Crippen LogP contribution in [0.3, 0.4) is 0 Å². The van der Waals surface area contributed by atoms with Gasteiger partial charge in [0.25, 0.3) is 0 Å². The van der Waals surface area contributed by atoms with Crippen molar-refractivity contribution in [3.63, 3.8) is 0 Å². The van der Waals surface area contributed by atoms with E-state index in [4.69, 9.17) is 25.8 Å². The third kappa shape index (κ3) is 4.32. The summed E-state index contributed by atoms with van der Waals surface area (Å²) in [5, 5.41) is 10.8. The molecule has 30 heavy (non-hydrogen) atoms. The number of halogens is 1. The van der Waals surface area contributed by atoms with Crippen molar-refractivity contribution in [3.05, 3.63) is 70.7 Å². The van der Waals surface area contributed by atoms with Crippen molar-refractivity contribution in [1.29, 1.82) is 0 Å². The van der Waals surface area contributed by atoms with Gasteiger partial charge in [-0.3, -0.25) is 4.90 Å². The van der Waals surface area contributed by atoms with Gasteiger partial charge in [0, 0.05) is 35.8 Å². The average molecular weight is 426 g/mol. The highest BCUT2D eigenvalue weighted by Gasteiger charge is 2.21. The summed E-state index contributed by atoms with van der Waals surface area (Å²) < 4.78 is 17.1. The van der Waals surface area contributed by atoms with E-state index < -0.39 is 0 Å². The summed E-state index contributed by atoms with van der Waals surface area (Å²) in [6, 6.07) is 17.2. The van der Waals surface area contributed by atoms with E-state index in [1.165, 1.54) is 0 Å². The molecule has 0 radical (unpaired) electrons. The van der Waals surface area contributed by atoms with Gasteiger partial charge in [-0.15, -0.1) is 0 Å². The lowest BCUT2D eigenvalue weighted by atomic mass is 10.0. The van der Waals surface area contributed by atoms with Crippen LogP contribution in [0.5, 0.6) is 23.0 Å². The molecule has 0 aromatic heterocycles. The van der Waals surface area contributed by atoms with Gasteiger partial charge in [-0.05, 0) is 53.6 Å². The molecule has 0 amide bonds. The van der Waals surface area contributed by atoms with Crippen molar-refractivity contribution in [2.75, 3.05) is 27.4 Å². The van der Waals surface area contributed by atoms with Gasteiger partial charge < -0.3 is 19.3 Å². The van der Waals surface area contributed by atoms with Crippen LogP contribution in [-0.2, 0) is 13.1 Å². The number of aromatic hydroxyl groups is 1. The molecule has 6 heteroatoms. The molecule has 0 aliphatic carbocycles. The summed E-state index contributed by atoms with van der Waals surface area (Å²) >= 11 is 6.12. The maximum Gasteiger partial charge on any atom is 0.165 e. The molecule has 156 valence electrons. The Bertz CT molecular complexity index is 1050. The van der Waals surface area contributed by atoms with Crippen LogP contribution in [0.2, 0.25) is 5.02 Å². The van der Waals surface area contributed by atoms with Crippen LogP contribution in [0.1, 0.15) is 11.1 Å².